The lowest BCUT2D eigenvalue weighted by atomic mass is 10.3. The normalized spacial score (nSPS) is 9.54. The van der Waals surface area contributed by atoms with Crippen molar-refractivity contribution in [2.75, 3.05) is 18.9 Å². The second-order valence-corrected chi connectivity index (χ2v) is 2.35. The van der Waals surface area contributed by atoms with Gasteiger partial charge in [-0.15, -0.1) is 5.10 Å². The van der Waals surface area contributed by atoms with Gasteiger partial charge in [0, 0.05) is 13.0 Å². The average Bonchev–Trinajstić information content (AvgIpc) is 2.47. The molecule has 1 aromatic heterocycles. The average molecular weight is 182 g/mol. The number of nitrogens with two attached hydrogens (primary N) is 1. The molecule has 0 spiro atoms. The molecule has 0 fully saturated rings. The number of aliphatic hydroxyl groups excluding tert-OH is 1. The second-order valence-electron chi connectivity index (χ2n) is 2.35. The van der Waals surface area contributed by atoms with Gasteiger partial charge in [-0.25, -0.2) is 0 Å². The van der Waals surface area contributed by atoms with Crippen molar-refractivity contribution in [2.45, 2.75) is 6.42 Å². The fourth-order valence-electron chi connectivity index (χ4n) is 0.784. The summed E-state index contributed by atoms with van der Waals surface area (Å²) in [5.74, 6) is 0.384. The maximum absolute atomic E-state index is 8.63. The van der Waals surface area contributed by atoms with E-state index in [4.69, 9.17) is 20.8 Å². The number of aromatic nitrogens is 2. The molecule has 0 saturated heterocycles. The molecule has 0 aliphatic rings. The first-order chi connectivity index (χ1) is 6.29. The van der Waals surface area contributed by atoms with E-state index in [-0.39, 0.29) is 23.9 Å². The van der Waals surface area contributed by atoms with E-state index in [9.17, 15) is 0 Å². The smallest absolute Gasteiger partial charge is 0.252 e. The predicted octanol–water partition coefficient (Wildman–Crippen LogP) is -0.375. The number of nitriles is 1. The van der Waals surface area contributed by atoms with Crippen LogP contribution in [0.3, 0.4) is 0 Å². The van der Waals surface area contributed by atoms with Crippen molar-refractivity contribution < 1.29 is 9.84 Å². The molecule has 13 heavy (non-hydrogen) atoms. The lowest BCUT2D eigenvalue weighted by Crippen LogP contribution is -2.01. The van der Waals surface area contributed by atoms with Crippen LogP contribution in [0, 0.1) is 11.3 Å². The van der Waals surface area contributed by atoms with Crippen LogP contribution in [0.1, 0.15) is 12.0 Å². The minimum Gasteiger partial charge on any atom is -0.476 e. The van der Waals surface area contributed by atoms with E-state index in [1.807, 2.05) is 6.07 Å². The molecule has 0 atom stereocenters. The molecule has 0 aliphatic carbocycles. The Balaban J connectivity index is 2.62. The van der Waals surface area contributed by atoms with Gasteiger partial charge in [-0.2, -0.15) is 5.26 Å². The number of hydrogen-bond acceptors (Lipinski definition) is 5. The molecule has 0 radical (unpaired) electrons. The minimum absolute atomic E-state index is 0.0434. The summed E-state index contributed by atoms with van der Waals surface area (Å²) in [6, 6.07) is 1.86. The Kier molecular flexibility index (Phi) is 3.11. The van der Waals surface area contributed by atoms with Crippen LogP contribution in [0.5, 0.6) is 5.88 Å². The number of nitrogens with one attached hydrogen (secondary N) is 1. The number of ether oxygens (including phenoxy) is 1. The molecule has 0 bridgehead atoms. The Morgan fingerprint density at radius 2 is 2.46 bits per heavy atom. The zero-order valence-electron chi connectivity index (χ0n) is 6.95. The molecule has 6 nitrogen and oxygen atoms in total. The lowest BCUT2D eigenvalue weighted by Gasteiger charge is -1.99. The Hall–Kier alpha value is -1.74. The van der Waals surface area contributed by atoms with Gasteiger partial charge in [-0.3, -0.25) is 5.10 Å². The van der Waals surface area contributed by atoms with Gasteiger partial charge in [0.15, 0.2) is 5.56 Å². The Labute approximate surface area is 74.9 Å². The zero-order chi connectivity index (χ0) is 9.68. The van der Waals surface area contributed by atoms with Gasteiger partial charge in [0.05, 0.1) is 6.61 Å². The number of anilines is 1. The van der Waals surface area contributed by atoms with Gasteiger partial charge in [0.25, 0.3) is 5.88 Å². The maximum atomic E-state index is 8.63. The highest BCUT2D eigenvalue weighted by Gasteiger charge is 2.10. The van der Waals surface area contributed by atoms with Crippen molar-refractivity contribution in [1.82, 2.24) is 10.2 Å². The molecule has 1 heterocycles. The summed E-state index contributed by atoms with van der Waals surface area (Å²) in [5.41, 5.74) is 5.59. The van der Waals surface area contributed by atoms with E-state index in [0.717, 1.165) is 0 Å². The van der Waals surface area contributed by atoms with E-state index in [0.29, 0.717) is 13.0 Å². The summed E-state index contributed by atoms with van der Waals surface area (Å²) >= 11 is 0. The number of aromatic amines is 1. The standard InChI is InChI=1S/C7H10N4O2/c8-4-5-6(9)10-11-7(5)13-3-1-2-12/h12H,1-3H2,(H3,9,10,11). The molecule has 0 aromatic carbocycles. The molecule has 70 valence electrons. The molecule has 0 aliphatic heterocycles. The van der Waals surface area contributed by atoms with Gasteiger partial charge >= 0.3 is 0 Å². The van der Waals surface area contributed by atoms with E-state index < -0.39 is 0 Å². The number of rotatable bonds is 4. The monoisotopic (exact) mass is 182 g/mol. The number of hydrogen-bond donors (Lipinski definition) is 3. The van der Waals surface area contributed by atoms with Crippen molar-refractivity contribution in [2.24, 2.45) is 0 Å². The van der Waals surface area contributed by atoms with Crippen LogP contribution in [0.4, 0.5) is 5.82 Å². The van der Waals surface area contributed by atoms with Crippen LogP contribution in [0.2, 0.25) is 0 Å². The largest absolute Gasteiger partial charge is 0.476 e. The summed E-state index contributed by atoms with van der Waals surface area (Å²) in [6.45, 7) is 0.358. The summed E-state index contributed by atoms with van der Waals surface area (Å²) < 4.78 is 5.08. The van der Waals surface area contributed by atoms with Crippen LogP contribution in [0.25, 0.3) is 0 Å². The van der Waals surface area contributed by atoms with Crippen LogP contribution in [-0.4, -0.2) is 28.5 Å². The van der Waals surface area contributed by atoms with Gasteiger partial charge in [0.1, 0.15) is 11.9 Å². The van der Waals surface area contributed by atoms with Crippen molar-refractivity contribution in [3.63, 3.8) is 0 Å². The minimum atomic E-state index is 0.0434. The van der Waals surface area contributed by atoms with E-state index >= 15 is 0 Å². The number of nitrogen functional groups attached to an aromatic ring is 1. The molecule has 6 heteroatoms. The first-order valence-corrected chi connectivity index (χ1v) is 3.77. The molecular formula is C7H10N4O2. The number of nitrogens with zero attached hydrogens (tertiary/aromatic N) is 2. The fraction of sp³-hybridized carbons (Fsp3) is 0.429. The van der Waals surface area contributed by atoms with Gasteiger partial charge in [0.2, 0.25) is 0 Å². The number of H-pyrrole nitrogens is 1. The highest BCUT2D eigenvalue weighted by atomic mass is 16.5. The van der Waals surface area contributed by atoms with Crippen LogP contribution in [0.15, 0.2) is 0 Å². The third kappa shape index (κ3) is 2.10. The first kappa shape index (κ1) is 9.35. The molecule has 1 aromatic rings. The van der Waals surface area contributed by atoms with Crippen molar-refractivity contribution in [1.29, 1.82) is 5.26 Å². The highest BCUT2D eigenvalue weighted by molar-refractivity contribution is 5.53. The SMILES string of the molecule is N#Cc1c(OCCCO)n[nH]c1N. The maximum Gasteiger partial charge on any atom is 0.252 e. The lowest BCUT2D eigenvalue weighted by molar-refractivity contribution is 0.229. The Bertz CT molecular complexity index is 315. The third-order valence-corrected chi connectivity index (χ3v) is 1.41. The highest BCUT2D eigenvalue weighted by Crippen LogP contribution is 2.18. The van der Waals surface area contributed by atoms with Gasteiger partial charge in [-0.1, -0.05) is 0 Å². The topological polar surface area (TPSA) is 108 Å². The van der Waals surface area contributed by atoms with Crippen LogP contribution < -0.4 is 10.5 Å². The number of aliphatic hydroxyl groups is 1. The summed E-state index contributed by atoms with van der Waals surface area (Å²) in [5, 5.41) is 23.2. The quantitative estimate of drug-likeness (QED) is 0.550. The predicted molar refractivity (Wildman–Crippen MR) is 44.9 cm³/mol. The van der Waals surface area contributed by atoms with Crippen LogP contribution in [-0.2, 0) is 0 Å². The summed E-state index contributed by atoms with van der Waals surface area (Å²) in [6.07, 6.45) is 0.498. The molecule has 0 unspecified atom stereocenters. The Morgan fingerprint density at radius 1 is 1.69 bits per heavy atom. The van der Waals surface area contributed by atoms with Gasteiger partial charge in [-0.05, 0) is 0 Å². The van der Waals surface area contributed by atoms with Crippen molar-refractivity contribution >= 4 is 5.82 Å². The zero-order valence-corrected chi connectivity index (χ0v) is 6.95. The molecule has 0 saturated carbocycles. The molecule has 4 N–H and O–H groups in total. The Morgan fingerprint density at radius 3 is 3.08 bits per heavy atom. The van der Waals surface area contributed by atoms with Gasteiger partial charge < -0.3 is 15.6 Å². The second kappa shape index (κ2) is 4.33. The van der Waals surface area contributed by atoms with Crippen molar-refractivity contribution in [3.05, 3.63) is 5.56 Å². The summed E-state index contributed by atoms with van der Waals surface area (Å²) in [4.78, 5) is 0. The van der Waals surface area contributed by atoms with E-state index in [1.165, 1.54) is 0 Å². The van der Waals surface area contributed by atoms with Crippen molar-refractivity contribution in [3.8, 4) is 11.9 Å². The van der Waals surface area contributed by atoms with E-state index in [1.54, 1.807) is 0 Å². The first-order valence-electron chi connectivity index (χ1n) is 3.77. The third-order valence-electron chi connectivity index (χ3n) is 1.41. The van der Waals surface area contributed by atoms with Crippen LogP contribution >= 0.6 is 0 Å². The fourth-order valence-corrected chi connectivity index (χ4v) is 0.784. The molecular weight excluding hydrogens is 172 g/mol. The molecule has 0 amide bonds. The van der Waals surface area contributed by atoms with E-state index in [2.05, 4.69) is 10.2 Å². The summed E-state index contributed by atoms with van der Waals surface area (Å²) in [7, 11) is 0. The molecule has 1 rings (SSSR count).